The number of sulfonamides is 1. The van der Waals surface area contributed by atoms with Crippen LogP contribution in [0.15, 0.2) is 41.3 Å². The molecule has 0 bridgehead atoms. The van der Waals surface area contributed by atoms with Crippen LogP contribution in [0.3, 0.4) is 0 Å². The largest absolute Gasteiger partial charge is 0.351 e. The number of nitrogens with zero attached hydrogens (tertiary/aromatic N) is 4. The number of aryl methyl sites for hydroxylation is 1. The Morgan fingerprint density at radius 1 is 1.02 bits per heavy atom. The van der Waals surface area contributed by atoms with Crippen molar-refractivity contribution in [2.75, 3.05) is 57.3 Å². The van der Waals surface area contributed by atoms with E-state index < -0.39 is 10.0 Å². The molecule has 1 aliphatic rings. The van der Waals surface area contributed by atoms with Crippen molar-refractivity contribution in [2.45, 2.75) is 51.3 Å². The number of thiazole rings is 1. The van der Waals surface area contributed by atoms with E-state index in [-0.39, 0.29) is 10.8 Å². The van der Waals surface area contributed by atoms with Crippen molar-refractivity contribution in [3.63, 3.8) is 0 Å². The maximum absolute atomic E-state index is 13.2. The lowest BCUT2D eigenvalue weighted by Gasteiger charge is -2.34. The third-order valence-corrected chi connectivity index (χ3v) is 10.8. The summed E-state index contributed by atoms with van der Waals surface area (Å²) in [5.74, 6) is -0.196. The van der Waals surface area contributed by atoms with Crippen molar-refractivity contribution in [1.29, 1.82) is 0 Å². The van der Waals surface area contributed by atoms with Gasteiger partial charge in [0, 0.05) is 57.9 Å². The van der Waals surface area contributed by atoms with Crippen molar-refractivity contribution in [1.82, 2.24) is 19.5 Å². The van der Waals surface area contributed by atoms with E-state index in [1.165, 1.54) is 0 Å². The molecule has 1 saturated heterocycles. The number of halogens is 1. The lowest BCUT2D eigenvalue weighted by molar-refractivity contribution is 0.0947. The Balaban J connectivity index is 1.25. The molecule has 1 aromatic heterocycles. The lowest BCUT2D eigenvalue weighted by Crippen LogP contribution is -2.48. The minimum absolute atomic E-state index is 0.196. The fourth-order valence-corrected chi connectivity index (χ4v) is 7.65. The molecular weight excluding hydrogens is 566 g/mol. The van der Waals surface area contributed by atoms with Gasteiger partial charge in [0.05, 0.1) is 20.1 Å². The van der Waals surface area contributed by atoms with E-state index in [1.54, 1.807) is 39.9 Å². The number of rotatable bonds is 13. The maximum Gasteiger partial charge on any atom is 0.251 e. The van der Waals surface area contributed by atoms with Crippen LogP contribution in [0.2, 0.25) is 5.02 Å². The molecule has 0 aliphatic carbocycles. The fourth-order valence-electron chi connectivity index (χ4n) is 4.77. The number of piperazine rings is 1. The zero-order valence-corrected chi connectivity index (χ0v) is 26.0. The first-order chi connectivity index (χ1) is 19.2. The second kappa shape index (κ2) is 14.1. The van der Waals surface area contributed by atoms with Crippen molar-refractivity contribution in [2.24, 2.45) is 0 Å². The van der Waals surface area contributed by atoms with Crippen LogP contribution in [0.1, 0.15) is 55.5 Å². The molecule has 1 fully saturated rings. The number of anilines is 1. The summed E-state index contributed by atoms with van der Waals surface area (Å²) >= 11 is 8.03. The van der Waals surface area contributed by atoms with Gasteiger partial charge < -0.3 is 10.2 Å². The highest BCUT2D eigenvalue weighted by atomic mass is 35.5. The number of amides is 1. The molecule has 1 N–H and O–H groups in total. The zero-order chi connectivity index (χ0) is 28.7. The molecule has 1 amide bonds. The predicted molar refractivity (Wildman–Crippen MR) is 165 cm³/mol. The molecule has 40 heavy (non-hydrogen) atoms. The van der Waals surface area contributed by atoms with E-state index in [1.807, 2.05) is 12.1 Å². The molecule has 4 rings (SSSR count). The predicted octanol–water partition coefficient (Wildman–Crippen LogP) is 5.40. The number of hydrogen-bond donors (Lipinski definition) is 1. The van der Waals surface area contributed by atoms with Crippen molar-refractivity contribution in [3.8, 4) is 0 Å². The molecule has 0 spiro atoms. The van der Waals surface area contributed by atoms with Crippen molar-refractivity contribution >= 4 is 54.2 Å². The van der Waals surface area contributed by atoms with Crippen LogP contribution in [0.5, 0.6) is 0 Å². The number of fused-ring (bicyclic) bond motifs is 1. The molecule has 0 radical (unpaired) electrons. The summed E-state index contributed by atoms with van der Waals surface area (Å²) in [4.78, 5) is 22.4. The van der Waals surface area contributed by atoms with Gasteiger partial charge in [0.1, 0.15) is 0 Å². The molecule has 8 nitrogen and oxygen atoms in total. The standard InChI is InChI=1S/C29H40ClN5O3S2/c1-4-6-15-35(16-7-5-2)40(37,38)24-11-9-23(10-12-24)28(36)31-14-17-33-18-20-34(21-19-33)29-32-26-22(3)8-13-25(30)27(26)39-29/h8-13H,4-7,14-21H2,1-3H3,(H,31,36). The first-order valence-corrected chi connectivity index (χ1v) is 16.8. The van der Waals surface area contributed by atoms with E-state index in [9.17, 15) is 13.2 Å². The number of carbonyl (C=O) groups excluding carboxylic acids is 1. The molecule has 0 unspecified atom stereocenters. The maximum atomic E-state index is 13.2. The van der Waals surface area contributed by atoms with Gasteiger partial charge in [0.2, 0.25) is 10.0 Å². The highest BCUT2D eigenvalue weighted by Gasteiger charge is 2.24. The van der Waals surface area contributed by atoms with Crippen LogP contribution in [0.25, 0.3) is 10.2 Å². The Morgan fingerprint density at radius 3 is 2.27 bits per heavy atom. The Labute approximate surface area is 247 Å². The SMILES string of the molecule is CCCCN(CCCC)S(=O)(=O)c1ccc(C(=O)NCCN2CCN(c3nc4c(C)ccc(Cl)c4s3)CC2)cc1. The molecule has 1 aliphatic heterocycles. The molecule has 218 valence electrons. The summed E-state index contributed by atoms with van der Waals surface area (Å²) in [6.07, 6.45) is 3.53. The van der Waals surface area contributed by atoms with Gasteiger partial charge in [-0.25, -0.2) is 13.4 Å². The number of carbonyl (C=O) groups is 1. The summed E-state index contributed by atoms with van der Waals surface area (Å²) in [5, 5.41) is 4.73. The molecule has 11 heteroatoms. The third kappa shape index (κ3) is 7.33. The zero-order valence-electron chi connectivity index (χ0n) is 23.7. The molecular formula is C29H40ClN5O3S2. The van der Waals surface area contributed by atoms with Gasteiger partial charge in [-0.15, -0.1) is 0 Å². The van der Waals surface area contributed by atoms with Gasteiger partial charge in [0.15, 0.2) is 5.13 Å². The number of nitrogens with one attached hydrogen (secondary N) is 1. The quantitative estimate of drug-likeness (QED) is 0.281. The second-order valence-corrected chi connectivity index (χ2v) is 13.6. The van der Waals surface area contributed by atoms with Crippen LogP contribution in [-0.2, 0) is 10.0 Å². The van der Waals surface area contributed by atoms with Crippen molar-refractivity contribution < 1.29 is 13.2 Å². The van der Waals surface area contributed by atoms with Crippen LogP contribution in [0, 0.1) is 6.92 Å². The third-order valence-electron chi connectivity index (χ3n) is 7.32. The van der Waals surface area contributed by atoms with E-state index in [2.05, 4.69) is 35.9 Å². The summed E-state index contributed by atoms with van der Waals surface area (Å²) < 4.78 is 28.9. The van der Waals surface area contributed by atoms with E-state index in [4.69, 9.17) is 16.6 Å². The normalized spacial score (nSPS) is 14.8. The Bertz CT molecular complexity index is 1340. The molecule has 0 saturated carbocycles. The first kappa shape index (κ1) is 30.7. The Morgan fingerprint density at radius 2 is 1.68 bits per heavy atom. The highest BCUT2D eigenvalue weighted by Crippen LogP contribution is 2.35. The van der Waals surface area contributed by atoms with Crippen LogP contribution < -0.4 is 10.2 Å². The van der Waals surface area contributed by atoms with Crippen LogP contribution in [-0.4, -0.2) is 80.9 Å². The molecule has 2 aromatic carbocycles. The summed E-state index contributed by atoms with van der Waals surface area (Å²) in [7, 11) is -3.58. The van der Waals surface area contributed by atoms with Gasteiger partial charge in [0.25, 0.3) is 5.91 Å². The molecule has 3 aromatic rings. The smallest absolute Gasteiger partial charge is 0.251 e. The van der Waals surface area contributed by atoms with Gasteiger partial charge in [-0.05, 0) is 55.7 Å². The average molecular weight is 606 g/mol. The summed E-state index contributed by atoms with van der Waals surface area (Å²) in [5.41, 5.74) is 2.57. The minimum Gasteiger partial charge on any atom is -0.351 e. The van der Waals surface area contributed by atoms with Crippen LogP contribution >= 0.6 is 22.9 Å². The molecule has 0 atom stereocenters. The topological polar surface area (TPSA) is 85.8 Å². The van der Waals surface area contributed by atoms with E-state index in [0.717, 1.165) is 84.3 Å². The van der Waals surface area contributed by atoms with Gasteiger partial charge >= 0.3 is 0 Å². The van der Waals surface area contributed by atoms with Crippen LogP contribution in [0.4, 0.5) is 5.13 Å². The van der Waals surface area contributed by atoms with E-state index >= 15 is 0 Å². The fraction of sp³-hybridized carbons (Fsp3) is 0.517. The molecule has 2 heterocycles. The first-order valence-electron chi connectivity index (χ1n) is 14.2. The minimum atomic E-state index is -3.58. The van der Waals surface area contributed by atoms with E-state index in [0.29, 0.717) is 25.2 Å². The summed E-state index contributed by atoms with van der Waals surface area (Å²) in [6.45, 7) is 12.0. The summed E-state index contributed by atoms with van der Waals surface area (Å²) in [6, 6.07) is 10.2. The Hall–Kier alpha value is -2.24. The lowest BCUT2D eigenvalue weighted by atomic mass is 10.2. The van der Waals surface area contributed by atoms with Gasteiger partial charge in [-0.3, -0.25) is 9.69 Å². The Kier molecular flexibility index (Phi) is 10.8. The van der Waals surface area contributed by atoms with Crippen molar-refractivity contribution in [3.05, 3.63) is 52.5 Å². The second-order valence-electron chi connectivity index (χ2n) is 10.3. The van der Waals surface area contributed by atoms with Gasteiger partial charge in [-0.1, -0.05) is 55.7 Å². The van der Waals surface area contributed by atoms with Gasteiger partial charge in [-0.2, -0.15) is 4.31 Å². The average Bonchev–Trinajstić information content (AvgIpc) is 3.42. The monoisotopic (exact) mass is 605 g/mol. The number of aromatic nitrogens is 1. The number of unbranched alkanes of at least 4 members (excludes halogenated alkanes) is 2. The number of hydrogen-bond acceptors (Lipinski definition) is 7. The number of benzene rings is 2. The highest BCUT2D eigenvalue weighted by molar-refractivity contribution is 7.89.